The zero-order chi connectivity index (χ0) is 26.4. The molecule has 8 nitrogen and oxygen atoms in total. The number of benzene rings is 1. The number of carbonyl (C=O) groups excluding carboxylic acids is 2. The quantitative estimate of drug-likeness (QED) is 0.339. The number of thiophene rings is 1. The van der Waals surface area contributed by atoms with E-state index in [1.165, 1.54) is 41.3 Å². The van der Waals surface area contributed by atoms with Gasteiger partial charge in [-0.3, -0.25) is 9.59 Å². The summed E-state index contributed by atoms with van der Waals surface area (Å²) >= 11 is 1.47. The summed E-state index contributed by atoms with van der Waals surface area (Å²) in [7, 11) is 0. The van der Waals surface area contributed by atoms with Gasteiger partial charge in [0.25, 0.3) is 11.8 Å². The van der Waals surface area contributed by atoms with Gasteiger partial charge in [-0.25, -0.2) is 4.98 Å². The normalized spacial score (nSPS) is 14.9. The Morgan fingerprint density at radius 1 is 1.14 bits per heavy atom. The van der Waals surface area contributed by atoms with E-state index in [1.54, 1.807) is 12.1 Å². The van der Waals surface area contributed by atoms with Crippen molar-refractivity contribution >= 4 is 39.1 Å². The third kappa shape index (κ3) is 6.81. The van der Waals surface area contributed by atoms with Crippen LogP contribution in [0.15, 0.2) is 59.3 Å². The molecule has 1 unspecified atom stereocenters. The first kappa shape index (κ1) is 26.5. The SMILES string of the molecule is CC(C)(C)C1CCc2nc3sc(C(=O)NCCN)cc3cc2C1.O=C(Nc1ccccc1)c1ccno1. The van der Waals surface area contributed by atoms with Crippen LogP contribution in [0.3, 0.4) is 0 Å². The lowest BCUT2D eigenvalue weighted by molar-refractivity contribution is 0.0957. The van der Waals surface area contributed by atoms with Crippen LogP contribution in [0, 0.1) is 11.3 Å². The maximum atomic E-state index is 12.1. The molecule has 4 N–H and O–H groups in total. The molecule has 2 amide bonds. The molecular formula is C28H33N5O3S. The smallest absolute Gasteiger partial charge is 0.294 e. The Morgan fingerprint density at radius 3 is 2.59 bits per heavy atom. The van der Waals surface area contributed by atoms with Gasteiger partial charge in [0.1, 0.15) is 4.83 Å². The van der Waals surface area contributed by atoms with Crippen LogP contribution in [0.2, 0.25) is 0 Å². The number of nitrogens with one attached hydrogen (secondary N) is 2. The van der Waals surface area contributed by atoms with E-state index in [2.05, 4.69) is 42.6 Å². The van der Waals surface area contributed by atoms with E-state index in [9.17, 15) is 9.59 Å². The Balaban J connectivity index is 0.000000195. The predicted molar refractivity (Wildman–Crippen MR) is 147 cm³/mol. The van der Waals surface area contributed by atoms with E-state index in [0.29, 0.717) is 24.4 Å². The molecular weight excluding hydrogens is 486 g/mol. The highest BCUT2D eigenvalue weighted by Crippen LogP contribution is 2.38. The molecule has 0 spiro atoms. The molecule has 1 aliphatic rings. The number of aryl methyl sites for hydroxylation is 1. The number of nitrogens with zero attached hydrogens (tertiary/aromatic N) is 2. The zero-order valence-corrected chi connectivity index (χ0v) is 22.2. The topological polar surface area (TPSA) is 123 Å². The second-order valence-corrected chi connectivity index (χ2v) is 11.2. The first-order chi connectivity index (χ1) is 17.7. The number of hydrogen-bond acceptors (Lipinski definition) is 7. The Morgan fingerprint density at radius 2 is 1.92 bits per heavy atom. The van der Waals surface area contributed by atoms with Crippen molar-refractivity contribution < 1.29 is 14.1 Å². The highest BCUT2D eigenvalue weighted by Gasteiger charge is 2.29. The largest absolute Gasteiger partial charge is 0.351 e. The first-order valence-electron chi connectivity index (χ1n) is 12.4. The summed E-state index contributed by atoms with van der Waals surface area (Å²) in [6.07, 6.45) is 4.76. The molecule has 1 aliphatic carbocycles. The number of pyridine rings is 1. The number of hydrogen-bond donors (Lipinski definition) is 3. The molecule has 5 rings (SSSR count). The summed E-state index contributed by atoms with van der Waals surface area (Å²) in [6, 6.07) is 14.9. The molecule has 4 aromatic rings. The van der Waals surface area contributed by atoms with E-state index in [1.807, 2.05) is 24.3 Å². The highest BCUT2D eigenvalue weighted by molar-refractivity contribution is 7.20. The second-order valence-electron chi connectivity index (χ2n) is 10.1. The van der Waals surface area contributed by atoms with Gasteiger partial charge in [0.05, 0.1) is 11.1 Å². The van der Waals surface area contributed by atoms with Crippen LogP contribution in [0.5, 0.6) is 0 Å². The summed E-state index contributed by atoms with van der Waals surface area (Å²) in [6.45, 7) is 7.92. The summed E-state index contributed by atoms with van der Waals surface area (Å²) in [5.74, 6) is 0.548. The Hall–Kier alpha value is -3.56. The van der Waals surface area contributed by atoms with Gasteiger partial charge in [0.2, 0.25) is 5.76 Å². The molecule has 0 saturated carbocycles. The summed E-state index contributed by atoms with van der Waals surface area (Å²) in [5, 5.41) is 10.0. The molecule has 0 bridgehead atoms. The summed E-state index contributed by atoms with van der Waals surface area (Å²) < 4.78 is 4.71. The van der Waals surface area contributed by atoms with Crippen LogP contribution in [0.1, 0.15) is 58.7 Å². The van der Waals surface area contributed by atoms with Gasteiger partial charge in [0, 0.05) is 35.9 Å². The number of amides is 2. The second kappa shape index (κ2) is 11.7. The van der Waals surface area contributed by atoms with Gasteiger partial charge >= 0.3 is 0 Å². The number of fused-ring (bicyclic) bond motifs is 2. The molecule has 3 heterocycles. The van der Waals surface area contributed by atoms with Crippen LogP contribution >= 0.6 is 11.3 Å². The predicted octanol–water partition coefficient (Wildman–Crippen LogP) is 5.06. The van der Waals surface area contributed by atoms with Crippen molar-refractivity contribution in [3.8, 4) is 0 Å². The number of carbonyl (C=O) groups is 2. The maximum Gasteiger partial charge on any atom is 0.294 e. The Labute approximate surface area is 220 Å². The Kier molecular flexibility index (Phi) is 8.35. The summed E-state index contributed by atoms with van der Waals surface area (Å²) in [4.78, 5) is 30.0. The molecule has 0 aliphatic heterocycles. The monoisotopic (exact) mass is 519 g/mol. The van der Waals surface area contributed by atoms with E-state index in [0.717, 1.165) is 33.6 Å². The van der Waals surface area contributed by atoms with E-state index in [4.69, 9.17) is 15.2 Å². The maximum absolute atomic E-state index is 12.1. The van der Waals surface area contributed by atoms with Crippen molar-refractivity contribution in [2.45, 2.75) is 40.0 Å². The minimum absolute atomic E-state index is 0.0519. The van der Waals surface area contributed by atoms with Crippen molar-refractivity contribution in [2.24, 2.45) is 17.1 Å². The van der Waals surface area contributed by atoms with Crippen LogP contribution in [0.25, 0.3) is 10.2 Å². The molecule has 1 atom stereocenters. The lowest BCUT2D eigenvalue weighted by Crippen LogP contribution is -2.28. The van der Waals surface area contributed by atoms with Crippen LogP contribution in [0.4, 0.5) is 5.69 Å². The lowest BCUT2D eigenvalue weighted by Gasteiger charge is -2.34. The van der Waals surface area contributed by atoms with E-state index >= 15 is 0 Å². The van der Waals surface area contributed by atoms with Gasteiger partial charge in [0.15, 0.2) is 0 Å². The van der Waals surface area contributed by atoms with Crippen molar-refractivity contribution in [2.75, 3.05) is 18.4 Å². The first-order valence-corrected chi connectivity index (χ1v) is 13.2. The van der Waals surface area contributed by atoms with Gasteiger partial charge < -0.3 is 20.9 Å². The Bertz CT molecular complexity index is 1340. The van der Waals surface area contributed by atoms with Crippen molar-refractivity contribution in [3.63, 3.8) is 0 Å². The zero-order valence-electron chi connectivity index (χ0n) is 21.4. The average molecular weight is 520 g/mol. The molecule has 0 radical (unpaired) electrons. The molecule has 3 aromatic heterocycles. The third-order valence-electron chi connectivity index (χ3n) is 6.44. The lowest BCUT2D eigenvalue weighted by atomic mass is 9.71. The number of nitrogens with two attached hydrogens (primary N) is 1. The van der Waals surface area contributed by atoms with Gasteiger partial charge in [-0.1, -0.05) is 44.1 Å². The molecule has 0 saturated heterocycles. The standard InChI is InChI=1S/C18H25N3OS.C10H8N2O2/c1-18(2,3)13-4-5-14-11(9-13)8-12-10-15(23-17(12)21-14)16(22)20-7-6-19;13-10(9-6-7-11-14-9)12-8-4-2-1-3-5-8/h8,10,13H,4-7,9,19H2,1-3H3,(H,20,22);1-7H,(H,12,13). The molecule has 0 fully saturated rings. The van der Waals surface area contributed by atoms with Crippen LogP contribution in [-0.4, -0.2) is 35.0 Å². The number of aromatic nitrogens is 2. The van der Waals surface area contributed by atoms with E-state index in [-0.39, 0.29) is 17.6 Å². The van der Waals surface area contributed by atoms with Crippen LogP contribution < -0.4 is 16.4 Å². The van der Waals surface area contributed by atoms with Crippen molar-refractivity contribution in [1.29, 1.82) is 0 Å². The molecule has 1 aromatic carbocycles. The van der Waals surface area contributed by atoms with Crippen LogP contribution in [-0.2, 0) is 12.8 Å². The van der Waals surface area contributed by atoms with Gasteiger partial charge in [-0.05, 0) is 60.4 Å². The molecule has 37 heavy (non-hydrogen) atoms. The number of anilines is 1. The molecule has 194 valence electrons. The van der Waals surface area contributed by atoms with Gasteiger partial charge in [-0.15, -0.1) is 11.3 Å². The average Bonchev–Trinajstić information content (AvgIpc) is 3.56. The van der Waals surface area contributed by atoms with E-state index < -0.39 is 0 Å². The van der Waals surface area contributed by atoms with Crippen molar-refractivity contribution in [1.82, 2.24) is 15.5 Å². The minimum Gasteiger partial charge on any atom is -0.351 e. The van der Waals surface area contributed by atoms with Gasteiger partial charge in [-0.2, -0.15) is 0 Å². The van der Waals surface area contributed by atoms with Crippen molar-refractivity contribution in [3.05, 3.63) is 76.6 Å². The number of para-hydroxylation sites is 1. The third-order valence-corrected chi connectivity index (χ3v) is 7.49. The number of rotatable bonds is 5. The fraction of sp³-hybridized carbons (Fsp3) is 0.357. The highest BCUT2D eigenvalue weighted by atomic mass is 32.1. The fourth-order valence-electron chi connectivity index (χ4n) is 4.29. The molecule has 9 heteroatoms. The summed E-state index contributed by atoms with van der Waals surface area (Å²) in [5.41, 5.74) is 9.07. The fourth-order valence-corrected chi connectivity index (χ4v) is 5.24. The minimum atomic E-state index is -0.297.